The predicted octanol–water partition coefficient (Wildman–Crippen LogP) is 4.33. The first kappa shape index (κ1) is 20.0. The van der Waals surface area contributed by atoms with Gasteiger partial charge in [0.25, 0.3) is 5.91 Å². The Balaban J connectivity index is 1.68. The zero-order chi connectivity index (χ0) is 20.8. The number of anilines is 1. The van der Waals surface area contributed by atoms with E-state index in [0.29, 0.717) is 11.3 Å². The number of hydrogen-bond donors (Lipinski definition) is 1. The summed E-state index contributed by atoms with van der Waals surface area (Å²) in [5, 5.41) is 2.71. The Kier molecular flexibility index (Phi) is 6.19. The smallest absolute Gasteiger partial charge is 0.339 e. The lowest BCUT2D eigenvalue weighted by Gasteiger charge is -2.10. The van der Waals surface area contributed by atoms with Gasteiger partial charge in [0.2, 0.25) is 0 Å². The number of rotatable bonds is 6. The van der Waals surface area contributed by atoms with Gasteiger partial charge in [-0.2, -0.15) is 0 Å². The van der Waals surface area contributed by atoms with Crippen molar-refractivity contribution >= 4 is 23.3 Å². The maximum atomic E-state index is 12.7. The highest BCUT2D eigenvalue weighted by molar-refractivity contribution is 6.14. The Hall–Kier alpha value is -3.73. The van der Waals surface area contributed by atoms with E-state index in [1.54, 1.807) is 42.5 Å². The number of carbonyl (C=O) groups excluding carboxylic acids is 3. The number of ketones is 1. The SMILES string of the molecule is Cc1cc(C)cc(NC(=O)COC(=O)c2ccccc2C(=O)c2ccccc2)c1. The van der Waals surface area contributed by atoms with Crippen molar-refractivity contribution in [1.82, 2.24) is 0 Å². The van der Waals surface area contributed by atoms with Gasteiger partial charge in [0.15, 0.2) is 12.4 Å². The summed E-state index contributed by atoms with van der Waals surface area (Å²) in [6.07, 6.45) is 0. The maximum Gasteiger partial charge on any atom is 0.339 e. The van der Waals surface area contributed by atoms with Crippen LogP contribution in [0.3, 0.4) is 0 Å². The topological polar surface area (TPSA) is 72.5 Å². The summed E-state index contributed by atoms with van der Waals surface area (Å²) in [4.78, 5) is 37.4. The van der Waals surface area contributed by atoms with Gasteiger partial charge in [0.1, 0.15) is 0 Å². The van der Waals surface area contributed by atoms with Crippen molar-refractivity contribution in [2.75, 3.05) is 11.9 Å². The molecule has 3 rings (SSSR count). The lowest BCUT2D eigenvalue weighted by Crippen LogP contribution is -2.22. The van der Waals surface area contributed by atoms with Gasteiger partial charge in [-0.3, -0.25) is 9.59 Å². The van der Waals surface area contributed by atoms with Gasteiger partial charge < -0.3 is 10.1 Å². The average molecular weight is 387 g/mol. The zero-order valence-electron chi connectivity index (χ0n) is 16.3. The van der Waals surface area contributed by atoms with E-state index in [4.69, 9.17) is 4.74 Å². The first-order valence-electron chi connectivity index (χ1n) is 9.18. The van der Waals surface area contributed by atoms with Crippen LogP contribution < -0.4 is 5.32 Å². The zero-order valence-corrected chi connectivity index (χ0v) is 16.3. The van der Waals surface area contributed by atoms with Crippen LogP contribution in [-0.4, -0.2) is 24.3 Å². The Bertz CT molecular complexity index is 1040. The number of esters is 1. The molecule has 146 valence electrons. The molecule has 3 aromatic carbocycles. The molecule has 0 spiro atoms. The highest BCUT2D eigenvalue weighted by atomic mass is 16.5. The lowest BCUT2D eigenvalue weighted by atomic mass is 9.98. The second-order valence-electron chi connectivity index (χ2n) is 6.74. The molecule has 0 saturated carbocycles. The third kappa shape index (κ3) is 5.17. The number of aryl methyl sites for hydroxylation is 2. The fourth-order valence-corrected chi connectivity index (χ4v) is 3.06. The van der Waals surface area contributed by atoms with Crippen molar-refractivity contribution in [2.45, 2.75) is 13.8 Å². The van der Waals surface area contributed by atoms with Gasteiger partial charge in [-0.1, -0.05) is 54.6 Å². The van der Waals surface area contributed by atoms with Crippen LogP contribution in [0.1, 0.15) is 37.4 Å². The van der Waals surface area contributed by atoms with Gasteiger partial charge in [-0.05, 0) is 43.2 Å². The third-order valence-electron chi connectivity index (χ3n) is 4.27. The minimum Gasteiger partial charge on any atom is -0.452 e. The summed E-state index contributed by atoms with van der Waals surface area (Å²) < 4.78 is 5.15. The minimum absolute atomic E-state index is 0.126. The number of ether oxygens (including phenoxy) is 1. The monoisotopic (exact) mass is 387 g/mol. The fraction of sp³-hybridized carbons (Fsp3) is 0.125. The fourth-order valence-electron chi connectivity index (χ4n) is 3.06. The van der Waals surface area contributed by atoms with Crippen LogP contribution in [0, 0.1) is 13.8 Å². The summed E-state index contributed by atoms with van der Waals surface area (Å²) in [7, 11) is 0. The Morgan fingerprint density at radius 3 is 2.03 bits per heavy atom. The first-order chi connectivity index (χ1) is 13.9. The number of hydrogen-bond acceptors (Lipinski definition) is 4. The van der Waals surface area contributed by atoms with Gasteiger partial charge in [-0.15, -0.1) is 0 Å². The molecule has 0 unspecified atom stereocenters. The molecule has 0 radical (unpaired) electrons. The number of benzene rings is 3. The largest absolute Gasteiger partial charge is 0.452 e. The highest BCUT2D eigenvalue weighted by Gasteiger charge is 2.19. The van der Waals surface area contributed by atoms with Crippen LogP contribution in [0.15, 0.2) is 72.8 Å². The molecule has 5 heteroatoms. The molecule has 0 heterocycles. The molecule has 0 aromatic heterocycles. The predicted molar refractivity (Wildman–Crippen MR) is 111 cm³/mol. The molecule has 0 aliphatic carbocycles. The summed E-state index contributed by atoms with van der Waals surface area (Å²) in [5.41, 5.74) is 3.51. The molecule has 1 N–H and O–H groups in total. The summed E-state index contributed by atoms with van der Waals surface area (Å²) in [6, 6.07) is 20.8. The number of nitrogens with one attached hydrogen (secondary N) is 1. The molecular formula is C24H21NO4. The van der Waals surface area contributed by atoms with Gasteiger partial charge in [0, 0.05) is 16.8 Å². The number of carbonyl (C=O) groups is 3. The van der Waals surface area contributed by atoms with Crippen molar-refractivity contribution in [2.24, 2.45) is 0 Å². The summed E-state index contributed by atoms with van der Waals surface area (Å²) in [6.45, 7) is 3.42. The van der Waals surface area contributed by atoms with E-state index in [0.717, 1.165) is 11.1 Å². The van der Waals surface area contributed by atoms with Crippen LogP contribution in [0.4, 0.5) is 5.69 Å². The van der Waals surface area contributed by atoms with Gasteiger partial charge >= 0.3 is 5.97 Å². The van der Waals surface area contributed by atoms with Crippen LogP contribution in [0.5, 0.6) is 0 Å². The van der Waals surface area contributed by atoms with E-state index in [9.17, 15) is 14.4 Å². The van der Waals surface area contributed by atoms with Crippen molar-refractivity contribution in [3.05, 3.63) is 101 Å². The standard InChI is InChI=1S/C24H21NO4/c1-16-12-17(2)14-19(13-16)25-22(26)15-29-24(28)21-11-7-6-10-20(21)23(27)18-8-4-3-5-9-18/h3-14H,15H2,1-2H3,(H,25,26). The first-order valence-corrected chi connectivity index (χ1v) is 9.18. The molecule has 0 fully saturated rings. The minimum atomic E-state index is -0.722. The summed E-state index contributed by atoms with van der Waals surface area (Å²) >= 11 is 0. The van der Waals surface area contributed by atoms with Crippen molar-refractivity contribution in [3.63, 3.8) is 0 Å². The molecule has 0 atom stereocenters. The van der Waals surface area contributed by atoms with E-state index in [1.807, 2.05) is 38.1 Å². The quantitative estimate of drug-likeness (QED) is 0.505. The van der Waals surface area contributed by atoms with Gasteiger partial charge in [0.05, 0.1) is 5.56 Å². The van der Waals surface area contributed by atoms with Crippen molar-refractivity contribution < 1.29 is 19.1 Å². The second-order valence-corrected chi connectivity index (χ2v) is 6.74. The molecule has 0 aliphatic rings. The third-order valence-corrected chi connectivity index (χ3v) is 4.27. The highest BCUT2D eigenvalue weighted by Crippen LogP contribution is 2.16. The Morgan fingerprint density at radius 2 is 1.38 bits per heavy atom. The molecule has 5 nitrogen and oxygen atoms in total. The normalized spacial score (nSPS) is 10.3. The summed E-state index contributed by atoms with van der Waals surface area (Å²) in [5.74, 6) is -1.45. The van der Waals surface area contributed by atoms with E-state index < -0.39 is 18.5 Å². The molecule has 1 amide bonds. The Labute approximate surface area is 169 Å². The average Bonchev–Trinajstić information content (AvgIpc) is 2.71. The van der Waals surface area contributed by atoms with Crippen LogP contribution in [0.25, 0.3) is 0 Å². The molecule has 29 heavy (non-hydrogen) atoms. The van der Waals surface area contributed by atoms with Gasteiger partial charge in [-0.25, -0.2) is 4.79 Å². The van der Waals surface area contributed by atoms with E-state index >= 15 is 0 Å². The van der Waals surface area contributed by atoms with Crippen LogP contribution >= 0.6 is 0 Å². The van der Waals surface area contributed by atoms with Crippen molar-refractivity contribution in [3.8, 4) is 0 Å². The Morgan fingerprint density at radius 1 is 0.793 bits per heavy atom. The molecule has 0 saturated heterocycles. The van der Waals surface area contributed by atoms with E-state index in [2.05, 4.69) is 5.32 Å². The van der Waals surface area contributed by atoms with Crippen LogP contribution in [0.2, 0.25) is 0 Å². The van der Waals surface area contributed by atoms with Crippen LogP contribution in [-0.2, 0) is 9.53 Å². The van der Waals surface area contributed by atoms with E-state index in [1.165, 1.54) is 6.07 Å². The molecule has 3 aromatic rings. The second kappa shape index (κ2) is 8.97. The maximum absolute atomic E-state index is 12.7. The van der Waals surface area contributed by atoms with Crippen molar-refractivity contribution in [1.29, 1.82) is 0 Å². The molecule has 0 aliphatic heterocycles. The lowest BCUT2D eigenvalue weighted by molar-refractivity contribution is -0.119. The molecular weight excluding hydrogens is 366 g/mol. The van der Waals surface area contributed by atoms with E-state index in [-0.39, 0.29) is 16.9 Å². The number of amides is 1. The molecule has 0 bridgehead atoms.